The van der Waals surface area contributed by atoms with E-state index in [1.807, 2.05) is 13.8 Å². The number of rotatable bonds is 14. The Labute approximate surface area is 171 Å². The Kier molecular flexibility index (Phi) is 10.6. The minimum atomic E-state index is -3.85. The van der Waals surface area contributed by atoms with Crippen LogP contribution in [0.25, 0.3) is 0 Å². The first-order chi connectivity index (χ1) is 13.2. The summed E-state index contributed by atoms with van der Waals surface area (Å²) in [6.45, 7) is 8.20. The number of nitrogens with one attached hydrogen (secondary N) is 1. The van der Waals surface area contributed by atoms with Crippen LogP contribution in [0.4, 0.5) is 4.39 Å². The maximum Gasteiger partial charge on any atom is 0.240 e. The van der Waals surface area contributed by atoms with Gasteiger partial charge in [-0.2, -0.15) is 0 Å². The van der Waals surface area contributed by atoms with Crippen molar-refractivity contribution in [2.24, 2.45) is 5.92 Å². The summed E-state index contributed by atoms with van der Waals surface area (Å²) >= 11 is 0. The monoisotopic (exact) mass is 415 g/mol. The second-order valence-corrected chi connectivity index (χ2v) is 9.67. The van der Waals surface area contributed by atoms with Crippen LogP contribution < -0.4 is 4.72 Å². The van der Waals surface area contributed by atoms with E-state index in [0.29, 0.717) is 12.8 Å². The molecule has 0 aliphatic rings. The summed E-state index contributed by atoms with van der Waals surface area (Å²) in [6.07, 6.45) is 7.73. The molecule has 1 aromatic carbocycles. The van der Waals surface area contributed by atoms with E-state index in [9.17, 15) is 17.9 Å². The molecule has 0 radical (unpaired) electrons. The molecule has 2 N–H and O–H groups in total. The van der Waals surface area contributed by atoms with Crippen molar-refractivity contribution in [2.45, 2.75) is 102 Å². The SMILES string of the molecule is CCCCCC(O)(CCCCC)[C@@H](NS(=O)(=O)c1ccc(F)cc1)[C@@H](C)CC. The molecule has 0 unspecified atom stereocenters. The van der Waals surface area contributed by atoms with Gasteiger partial charge in [-0.15, -0.1) is 0 Å². The number of halogens is 1. The van der Waals surface area contributed by atoms with Gasteiger partial charge in [-0.3, -0.25) is 0 Å². The van der Waals surface area contributed by atoms with E-state index in [4.69, 9.17) is 0 Å². The molecular weight excluding hydrogens is 377 g/mol. The quantitative estimate of drug-likeness (QED) is 0.399. The normalized spacial score (nSPS) is 14.8. The summed E-state index contributed by atoms with van der Waals surface area (Å²) in [5.41, 5.74) is -1.09. The van der Waals surface area contributed by atoms with Crippen LogP contribution in [0.15, 0.2) is 29.2 Å². The topological polar surface area (TPSA) is 66.4 Å². The van der Waals surface area contributed by atoms with E-state index in [1.54, 1.807) is 0 Å². The molecule has 4 nitrogen and oxygen atoms in total. The van der Waals surface area contributed by atoms with Crippen molar-refractivity contribution >= 4 is 10.0 Å². The number of hydrogen-bond donors (Lipinski definition) is 2. The third kappa shape index (κ3) is 7.45. The van der Waals surface area contributed by atoms with Crippen molar-refractivity contribution in [1.29, 1.82) is 0 Å². The average molecular weight is 416 g/mol. The van der Waals surface area contributed by atoms with E-state index in [1.165, 1.54) is 12.1 Å². The molecule has 0 heterocycles. The molecule has 6 heteroatoms. The van der Waals surface area contributed by atoms with Gasteiger partial charge in [0.2, 0.25) is 10.0 Å². The van der Waals surface area contributed by atoms with E-state index in [2.05, 4.69) is 18.6 Å². The van der Waals surface area contributed by atoms with Gasteiger partial charge in [-0.1, -0.05) is 72.6 Å². The predicted molar refractivity (Wildman–Crippen MR) is 113 cm³/mol. The van der Waals surface area contributed by atoms with Gasteiger partial charge < -0.3 is 5.11 Å². The molecule has 0 fully saturated rings. The van der Waals surface area contributed by atoms with E-state index in [-0.39, 0.29) is 10.8 Å². The minimum Gasteiger partial charge on any atom is -0.388 e. The molecule has 0 aromatic heterocycles. The van der Waals surface area contributed by atoms with E-state index in [0.717, 1.165) is 57.1 Å². The summed E-state index contributed by atoms with van der Waals surface area (Å²) in [4.78, 5) is 0.0201. The Bertz CT molecular complexity index is 651. The molecule has 28 heavy (non-hydrogen) atoms. The van der Waals surface area contributed by atoms with Gasteiger partial charge in [0.1, 0.15) is 5.82 Å². The van der Waals surface area contributed by atoms with Gasteiger partial charge in [0, 0.05) is 0 Å². The molecule has 162 valence electrons. The number of benzene rings is 1. The van der Waals surface area contributed by atoms with Crippen LogP contribution >= 0.6 is 0 Å². The van der Waals surface area contributed by atoms with Crippen LogP contribution in [-0.2, 0) is 10.0 Å². The highest BCUT2D eigenvalue weighted by molar-refractivity contribution is 7.89. The van der Waals surface area contributed by atoms with Crippen molar-refractivity contribution in [3.63, 3.8) is 0 Å². The number of unbranched alkanes of at least 4 members (excludes halogenated alkanes) is 4. The minimum absolute atomic E-state index is 0.0201. The third-order valence-corrected chi connectivity index (χ3v) is 7.08. The molecule has 0 saturated heterocycles. The maximum atomic E-state index is 13.2. The van der Waals surface area contributed by atoms with Gasteiger partial charge in [0.15, 0.2) is 0 Å². The van der Waals surface area contributed by atoms with Crippen LogP contribution in [0, 0.1) is 11.7 Å². The number of hydrogen-bond acceptors (Lipinski definition) is 3. The Hall–Kier alpha value is -0.980. The number of sulfonamides is 1. The standard InChI is InChI=1S/C22H38FNO3S/c1-5-8-10-16-22(25,17-11-9-6-2)21(18(4)7-3)24-28(26,27)20-14-12-19(23)13-15-20/h12-15,18,21,24-25H,5-11,16-17H2,1-4H3/t18-,21-/m0/s1. The zero-order valence-corrected chi connectivity index (χ0v) is 18.7. The lowest BCUT2D eigenvalue weighted by Gasteiger charge is -2.40. The lowest BCUT2D eigenvalue weighted by Crippen LogP contribution is -2.56. The first-order valence-electron chi connectivity index (χ1n) is 10.7. The Balaban J connectivity index is 3.16. The Morgan fingerprint density at radius 1 is 1.00 bits per heavy atom. The summed E-state index contributed by atoms with van der Waals surface area (Å²) in [6, 6.07) is 4.22. The van der Waals surface area contributed by atoms with Gasteiger partial charge >= 0.3 is 0 Å². The van der Waals surface area contributed by atoms with Crippen LogP contribution in [0.2, 0.25) is 0 Å². The van der Waals surface area contributed by atoms with E-state index < -0.39 is 27.5 Å². The fraction of sp³-hybridized carbons (Fsp3) is 0.727. The summed E-state index contributed by atoms with van der Waals surface area (Å²) in [7, 11) is -3.85. The molecule has 0 saturated carbocycles. The molecule has 0 aliphatic heterocycles. The van der Waals surface area contributed by atoms with Crippen LogP contribution in [0.3, 0.4) is 0 Å². The molecule has 1 rings (SSSR count). The molecule has 0 bridgehead atoms. The van der Waals surface area contributed by atoms with Crippen molar-refractivity contribution in [1.82, 2.24) is 4.72 Å². The van der Waals surface area contributed by atoms with Crippen LogP contribution in [0.1, 0.15) is 85.5 Å². The van der Waals surface area contributed by atoms with Crippen LogP contribution in [-0.4, -0.2) is 25.2 Å². The van der Waals surface area contributed by atoms with Crippen molar-refractivity contribution < 1.29 is 17.9 Å². The first kappa shape index (κ1) is 25.1. The lowest BCUT2D eigenvalue weighted by molar-refractivity contribution is -0.0279. The van der Waals surface area contributed by atoms with Gasteiger partial charge in [-0.05, 0) is 43.0 Å². The smallest absolute Gasteiger partial charge is 0.240 e. The highest BCUT2D eigenvalue weighted by Gasteiger charge is 2.41. The summed E-state index contributed by atoms with van der Waals surface area (Å²) in [5.74, 6) is -0.503. The second kappa shape index (κ2) is 11.9. The van der Waals surface area contributed by atoms with Crippen molar-refractivity contribution in [3.8, 4) is 0 Å². The molecule has 2 atom stereocenters. The lowest BCUT2D eigenvalue weighted by atomic mass is 9.78. The van der Waals surface area contributed by atoms with Gasteiger partial charge in [0.25, 0.3) is 0 Å². The molecular formula is C22H38FNO3S. The van der Waals surface area contributed by atoms with Gasteiger partial charge in [-0.25, -0.2) is 17.5 Å². The van der Waals surface area contributed by atoms with Crippen molar-refractivity contribution in [3.05, 3.63) is 30.1 Å². The Morgan fingerprint density at radius 2 is 1.50 bits per heavy atom. The van der Waals surface area contributed by atoms with Crippen molar-refractivity contribution in [2.75, 3.05) is 0 Å². The molecule has 0 aliphatic carbocycles. The fourth-order valence-corrected chi connectivity index (χ4v) is 5.05. The molecule has 0 spiro atoms. The highest BCUT2D eigenvalue weighted by atomic mass is 32.2. The van der Waals surface area contributed by atoms with Gasteiger partial charge in [0.05, 0.1) is 16.5 Å². The second-order valence-electron chi connectivity index (χ2n) is 7.96. The zero-order valence-electron chi connectivity index (χ0n) is 17.9. The maximum absolute atomic E-state index is 13.2. The molecule has 1 aromatic rings. The predicted octanol–water partition coefficient (Wildman–Crippen LogP) is 5.41. The molecule has 0 amide bonds. The highest BCUT2D eigenvalue weighted by Crippen LogP contribution is 2.32. The zero-order chi connectivity index (χ0) is 21.2. The van der Waals surface area contributed by atoms with Crippen LogP contribution in [0.5, 0.6) is 0 Å². The first-order valence-corrected chi connectivity index (χ1v) is 12.2. The fourth-order valence-electron chi connectivity index (χ4n) is 3.64. The Morgan fingerprint density at radius 3 is 1.93 bits per heavy atom. The summed E-state index contributed by atoms with van der Waals surface area (Å²) < 4.78 is 41.8. The summed E-state index contributed by atoms with van der Waals surface area (Å²) in [5, 5.41) is 11.6. The largest absolute Gasteiger partial charge is 0.388 e. The average Bonchev–Trinajstić information content (AvgIpc) is 2.66. The number of aliphatic hydroxyl groups is 1. The van der Waals surface area contributed by atoms with E-state index >= 15 is 0 Å². The third-order valence-electron chi connectivity index (χ3n) is 5.62.